The molecule has 0 bridgehead atoms. The highest BCUT2D eigenvalue weighted by Gasteiger charge is 2.31. The van der Waals surface area contributed by atoms with Gasteiger partial charge in [-0.05, 0) is 29.1 Å². The minimum atomic E-state index is 0.160. The van der Waals surface area contributed by atoms with Gasteiger partial charge in [-0.1, -0.05) is 42.5 Å². The maximum atomic E-state index is 10.6. The smallest absolute Gasteiger partial charge is 0.139 e. The van der Waals surface area contributed by atoms with Crippen LogP contribution in [0.15, 0.2) is 83.2 Å². The molecule has 0 spiro atoms. The molecule has 4 aromatic rings. The SMILES string of the molecule is N=C1C(c2nc(-c3cccs3)cs2)=C(O)CN1c1cccc(OCc2ccccc2)c1. The largest absolute Gasteiger partial charge is 0.510 e. The van der Waals surface area contributed by atoms with Crippen LogP contribution in [0, 0.1) is 5.41 Å². The Morgan fingerprint density at radius 1 is 1.03 bits per heavy atom. The molecule has 0 atom stereocenters. The molecule has 0 unspecified atom stereocenters. The van der Waals surface area contributed by atoms with Gasteiger partial charge in [-0.2, -0.15) is 0 Å². The maximum Gasteiger partial charge on any atom is 0.139 e. The molecule has 0 fully saturated rings. The van der Waals surface area contributed by atoms with Gasteiger partial charge in [-0.25, -0.2) is 4.98 Å². The fourth-order valence-corrected chi connectivity index (χ4v) is 5.08. The molecule has 1 aliphatic heterocycles. The molecule has 5 nitrogen and oxygen atoms in total. The zero-order valence-corrected chi connectivity index (χ0v) is 18.1. The molecule has 0 aliphatic carbocycles. The number of aliphatic hydroxyl groups excluding tert-OH is 1. The number of hydrogen-bond acceptors (Lipinski definition) is 6. The number of thiazole rings is 1. The second-order valence-electron chi connectivity index (χ2n) is 7.04. The number of amidine groups is 1. The van der Waals surface area contributed by atoms with Crippen molar-refractivity contribution in [1.29, 1.82) is 5.41 Å². The summed E-state index contributed by atoms with van der Waals surface area (Å²) in [6, 6.07) is 21.6. The van der Waals surface area contributed by atoms with Gasteiger partial charge in [-0.15, -0.1) is 22.7 Å². The Morgan fingerprint density at radius 3 is 2.71 bits per heavy atom. The van der Waals surface area contributed by atoms with E-state index in [0.717, 1.165) is 27.6 Å². The average molecular weight is 446 g/mol. The zero-order chi connectivity index (χ0) is 21.2. The van der Waals surface area contributed by atoms with Crippen LogP contribution < -0.4 is 9.64 Å². The minimum Gasteiger partial charge on any atom is -0.510 e. The van der Waals surface area contributed by atoms with E-state index in [4.69, 9.17) is 10.1 Å². The summed E-state index contributed by atoms with van der Waals surface area (Å²) >= 11 is 3.07. The lowest BCUT2D eigenvalue weighted by Crippen LogP contribution is -2.26. The van der Waals surface area contributed by atoms with Gasteiger partial charge in [-0.3, -0.25) is 5.41 Å². The van der Waals surface area contributed by atoms with Crippen molar-refractivity contribution in [3.63, 3.8) is 0 Å². The first-order valence-electron chi connectivity index (χ1n) is 9.74. The number of nitrogens with zero attached hydrogens (tertiary/aromatic N) is 2. The van der Waals surface area contributed by atoms with Gasteiger partial charge < -0.3 is 14.7 Å². The van der Waals surface area contributed by atoms with Crippen molar-refractivity contribution in [1.82, 2.24) is 4.98 Å². The highest BCUT2D eigenvalue weighted by atomic mass is 32.1. The molecule has 2 aromatic carbocycles. The number of benzene rings is 2. The Kier molecular flexibility index (Phi) is 5.28. The highest BCUT2D eigenvalue weighted by Crippen LogP contribution is 2.36. The Labute approximate surface area is 188 Å². The molecule has 0 saturated heterocycles. The second kappa shape index (κ2) is 8.37. The normalized spacial score (nSPS) is 13.8. The number of aliphatic hydroxyl groups is 1. The number of nitrogens with one attached hydrogen (secondary N) is 1. The lowest BCUT2D eigenvalue weighted by atomic mass is 10.2. The highest BCUT2D eigenvalue weighted by molar-refractivity contribution is 7.14. The first-order valence-corrected chi connectivity index (χ1v) is 11.5. The third-order valence-electron chi connectivity index (χ3n) is 4.97. The van der Waals surface area contributed by atoms with Gasteiger partial charge in [0.1, 0.15) is 29.0 Å². The molecule has 2 aromatic heterocycles. The molecule has 0 radical (unpaired) electrons. The maximum absolute atomic E-state index is 10.6. The standard InChI is InChI=1S/C24H19N3O2S2/c25-23-22(24-26-19(15-31-24)21-10-5-11-30-21)20(28)13-27(23)17-8-4-9-18(12-17)29-14-16-6-2-1-3-7-16/h1-12,15,25,28H,13-14H2. The Hall–Kier alpha value is -3.42. The molecule has 2 N–H and O–H groups in total. The van der Waals surface area contributed by atoms with Crippen molar-refractivity contribution in [3.8, 4) is 16.3 Å². The molecular formula is C24H19N3O2S2. The van der Waals surface area contributed by atoms with E-state index in [1.807, 2.05) is 77.5 Å². The predicted octanol–water partition coefficient (Wildman–Crippen LogP) is 6.22. The van der Waals surface area contributed by atoms with E-state index >= 15 is 0 Å². The van der Waals surface area contributed by atoms with E-state index in [2.05, 4.69) is 4.98 Å². The van der Waals surface area contributed by atoms with Crippen LogP contribution in [-0.2, 0) is 6.61 Å². The van der Waals surface area contributed by atoms with Gasteiger partial charge in [0.05, 0.1) is 22.7 Å². The van der Waals surface area contributed by atoms with Gasteiger partial charge in [0.15, 0.2) is 0 Å². The fourth-order valence-electron chi connectivity index (χ4n) is 3.43. The van der Waals surface area contributed by atoms with Crippen LogP contribution in [0.25, 0.3) is 16.1 Å². The van der Waals surface area contributed by atoms with Crippen molar-refractivity contribution in [2.45, 2.75) is 6.61 Å². The first kappa shape index (κ1) is 19.5. The summed E-state index contributed by atoms with van der Waals surface area (Å²) < 4.78 is 5.93. The van der Waals surface area contributed by atoms with E-state index in [9.17, 15) is 5.11 Å². The Balaban J connectivity index is 1.34. The van der Waals surface area contributed by atoms with Gasteiger partial charge >= 0.3 is 0 Å². The van der Waals surface area contributed by atoms with Crippen LogP contribution in [0.2, 0.25) is 0 Å². The van der Waals surface area contributed by atoms with E-state index in [1.54, 1.807) is 16.2 Å². The molecule has 0 amide bonds. The van der Waals surface area contributed by atoms with Crippen LogP contribution in [0.1, 0.15) is 10.6 Å². The molecule has 1 aliphatic rings. The van der Waals surface area contributed by atoms with E-state index in [-0.39, 0.29) is 18.1 Å². The number of rotatable bonds is 6. The lowest BCUT2D eigenvalue weighted by Gasteiger charge is -2.19. The summed E-state index contributed by atoms with van der Waals surface area (Å²) in [5.74, 6) is 1.12. The van der Waals surface area contributed by atoms with Crippen molar-refractivity contribution in [3.05, 3.63) is 93.8 Å². The van der Waals surface area contributed by atoms with Gasteiger partial charge in [0, 0.05) is 17.1 Å². The lowest BCUT2D eigenvalue weighted by molar-refractivity contribution is 0.306. The van der Waals surface area contributed by atoms with Crippen molar-refractivity contribution >= 4 is 39.8 Å². The van der Waals surface area contributed by atoms with Crippen LogP contribution in [0.4, 0.5) is 5.69 Å². The summed E-state index contributed by atoms with van der Waals surface area (Å²) in [7, 11) is 0. The van der Waals surface area contributed by atoms with Crippen LogP contribution in [0.3, 0.4) is 0 Å². The van der Waals surface area contributed by atoms with Gasteiger partial charge in [0.2, 0.25) is 0 Å². The summed E-state index contributed by atoms with van der Waals surface area (Å²) in [4.78, 5) is 7.51. The van der Waals surface area contributed by atoms with Gasteiger partial charge in [0.25, 0.3) is 0 Å². The van der Waals surface area contributed by atoms with E-state index in [1.165, 1.54) is 11.3 Å². The molecule has 31 heavy (non-hydrogen) atoms. The number of thiophene rings is 1. The number of anilines is 1. The van der Waals surface area contributed by atoms with E-state index < -0.39 is 0 Å². The predicted molar refractivity (Wildman–Crippen MR) is 127 cm³/mol. The van der Waals surface area contributed by atoms with Crippen molar-refractivity contribution < 1.29 is 9.84 Å². The number of ether oxygens (including phenoxy) is 1. The third-order valence-corrected chi connectivity index (χ3v) is 6.72. The molecular weight excluding hydrogens is 426 g/mol. The second-order valence-corrected chi connectivity index (χ2v) is 8.85. The first-order chi connectivity index (χ1) is 15.2. The Morgan fingerprint density at radius 2 is 1.90 bits per heavy atom. The van der Waals surface area contributed by atoms with Crippen molar-refractivity contribution in [2.75, 3.05) is 11.4 Å². The zero-order valence-electron chi connectivity index (χ0n) is 16.5. The summed E-state index contributed by atoms with van der Waals surface area (Å²) in [5.41, 5.74) is 3.25. The monoisotopic (exact) mass is 445 g/mol. The molecule has 5 rings (SSSR count). The number of hydrogen-bond donors (Lipinski definition) is 2. The van der Waals surface area contributed by atoms with Crippen LogP contribution in [-0.4, -0.2) is 22.5 Å². The fraction of sp³-hybridized carbons (Fsp3) is 0.0833. The minimum absolute atomic E-state index is 0.160. The topological polar surface area (TPSA) is 69.4 Å². The molecule has 7 heteroatoms. The van der Waals surface area contributed by atoms with E-state index in [0.29, 0.717) is 17.2 Å². The summed E-state index contributed by atoms with van der Waals surface area (Å²) in [6.07, 6.45) is 0. The average Bonchev–Trinajstić information content (AvgIpc) is 3.54. The Bertz CT molecular complexity index is 1250. The van der Waals surface area contributed by atoms with Crippen LogP contribution >= 0.6 is 22.7 Å². The molecule has 3 heterocycles. The summed E-state index contributed by atoms with van der Waals surface area (Å²) in [6.45, 7) is 0.714. The van der Waals surface area contributed by atoms with Crippen LogP contribution in [0.5, 0.6) is 5.75 Å². The quantitative estimate of drug-likeness (QED) is 0.370. The number of aromatic nitrogens is 1. The third kappa shape index (κ3) is 3.97. The van der Waals surface area contributed by atoms with Crippen molar-refractivity contribution in [2.24, 2.45) is 0 Å². The molecule has 0 saturated carbocycles. The summed E-state index contributed by atoms with van der Waals surface area (Å²) in [5, 5.41) is 24.0. The molecule has 154 valence electrons.